The molecule has 1 amide bonds. The number of piperazine rings is 1. The SMILES string of the molecule is Cc1cc(N2CCN(S(=O)(=O)c3ccc4c(c3)CCC(=O)N4)CC2)nc(N2CCCC2)n1. The molecule has 0 radical (unpaired) electrons. The summed E-state index contributed by atoms with van der Waals surface area (Å²) in [4.78, 5) is 25.6. The van der Waals surface area contributed by atoms with Crippen LogP contribution in [0.25, 0.3) is 0 Å². The maximum Gasteiger partial charge on any atom is 0.243 e. The minimum absolute atomic E-state index is 0.0305. The van der Waals surface area contributed by atoms with Gasteiger partial charge in [-0.15, -0.1) is 0 Å². The lowest BCUT2D eigenvalue weighted by Gasteiger charge is -2.35. The summed E-state index contributed by atoms with van der Waals surface area (Å²) in [5.74, 6) is 1.60. The zero-order valence-corrected chi connectivity index (χ0v) is 19.1. The van der Waals surface area contributed by atoms with Gasteiger partial charge in [0.25, 0.3) is 0 Å². The third kappa shape index (κ3) is 4.04. The predicted octanol–water partition coefficient (Wildman–Crippen LogP) is 1.78. The van der Waals surface area contributed by atoms with Crippen molar-refractivity contribution in [2.45, 2.75) is 37.5 Å². The first-order chi connectivity index (χ1) is 15.4. The van der Waals surface area contributed by atoms with E-state index in [0.29, 0.717) is 44.7 Å². The van der Waals surface area contributed by atoms with Crippen LogP contribution in [0.4, 0.5) is 17.5 Å². The molecule has 0 aliphatic carbocycles. The van der Waals surface area contributed by atoms with Crippen LogP contribution in [-0.2, 0) is 21.2 Å². The number of fused-ring (bicyclic) bond motifs is 1. The molecule has 0 spiro atoms. The number of carbonyl (C=O) groups is 1. The van der Waals surface area contributed by atoms with Crippen LogP contribution in [0.15, 0.2) is 29.2 Å². The van der Waals surface area contributed by atoms with Crippen molar-refractivity contribution >= 4 is 33.4 Å². The van der Waals surface area contributed by atoms with E-state index >= 15 is 0 Å². The Morgan fingerprint density at radius 2 is 1.66 bits per heavy atom. The van der Waals surface area contributed by atoms with Gasteiger partial charge in [0.15, 0.2) is 0 Å². The molecule has 2 fully saturated rings. The summed E-state index contributed by atoms with van der Waals surface area (Å²) in [6, 6.07) is 6.95. The number of nitrogens with one attached hydrogen (secondary N) is 1. The van der Waals surface area contributed by atoms with Crippen molar-refractivity contribution in [1.29, 1.82) is 0 Å². The Kier molecular flexibility index (Phi) is 5.50. The van der Waals surface area contributed by atoms with Gasteiger partial charge in [-0.3, -0.25) is 4.79 Å². The third-order valence-electron chi connectivity index (χ3n) is 6.39. The molecule has 170 valence electrons. The molecular weight excluding hydrogens is 428 g/mol. The molecule has 10 heteroatoms. The number of aryl methyl sites for hydroxylation is 2. The van der Waals surface area contributed by atoms with Crippen LogP contribution >= 0.6 is 0 Å². The molecule has 3 aliphatic heterocycles. The Hall–Kier alpha value is -2.72. The minimum atomic E-state index is -3.59. The van der Waals surface area contributed by atoms with Gasteiger partial charge in [0.1, 0.15) is 5.82 Å². The Bertz CT molecular complexity index is 1140. The van der Waals surface area contributed by atoms with Gasteiger partial charge >= 0.3 is 0 Å². The van der Waals surface area contributed by atoms with Crippen molar-refractivity contribution in [3.63, 3.8) is 0 Å². The first-order valence-corrected chi connectivity index (χ1v) is 12.6. The highest BCUT2D eigenvalue weighted by Crippen LogP contribution is 2.28. The first kappa shape index (κ1) is 21.1. The lowest BCUT2D eigenvalue weighted by molar-refractivity contribution is -0.116. The normalized spacial score (nSPS) is 19.7. The van der Waals surface area contributed by atoms with Crippen molar-refractivity contribution in [1.82, 2.24) is 14.3 Å². The number of anilines is 3. The van der Waals surface area contributed by atoms with Gasteiger partial charge in [-0.2, -0.15) is 9.29 Å². The number of benzene rings is 1. The van der Waals surface area contributed by atoms with E-state index in [4.69, 9.17) is 4.98 Å². The molecule has 4 heterocycles. The Morgan fingerprint density at radius 3 is 2.41 bits per heavy atom. The highest BCUT2D eigenvalue weighted by atomic mass is 32.2. The van der Waals surface area contributed by atoms with Crippen LogP contribution in [0.1, 0.15) is 30.5 Å². The van der Waals surface area contributed by atoms with Gasteiger partial charge in [0.05, 0.1) is 4.90 Å². The molecule has 0 bridgehead atoms. The molecule has 2 aromatic rings. The highest BCUT2D eigenvalue weighted by molar-refractivity contribution is 7.89. The second-order valence-corrected chi connectivity index (χ2v) is 10.6. The average molecular weight is 457 g/mol. The third-order valence-corrected chi connectivity index (χ3v) is 8.29. The molecule has 2 saturated heterocycles. The van der Waals surface area contributed by atoms with E-state index in [9.17, 15) is 13.2 Å². The lowest BCUT2D eigenvalue weighted by atomic mass is 10.0. The quantitative estimate of drug-likeness (QED) is 0.749. The van der Waals surface area contributed by atoms with E-state index in [-0.39, 0.29) is 10.8 Å². The molecule has 0 unspecified atom stereocenters. The van der Waals surface area contributed by atoms with Crippen molar-refractivity contribution in [3.05, 3.63) is 35.5 Å². The molecule has 1 aromatic heterocycles. The summed E-state index contributed by atoms with van der Waals surface area (Å²) in [6.45, 7) is 5.91. The fourth-order valence-corrected chi connectivity index (χ4v) is 6.06. The van der Waals surface area contributed by atoms with Crippen LogP contribution in [0, 0.1) is 6.92 Å². The number of rotatable bonds is 4. The van der Waals surface area contributed by atoms with E-state index in [0.717, 1.165) is 49.0 Å². The van der Waals surface area contributed by atoms with Gasteiger partial charge in [-0.05, 0) is 49.9 Å². The second-order valence-electron chi connectivity index (χ2n) is 8.62. The van der Waals surface area contributed by atoms with Gasteiger partial charge in [-0.1, -0.05) is 0 Å². The molecule has 1 aromatic carbocycles. The Labute approximate surface area is 188 Å². The number of aromatic nitrogens is 2. The number of amides is 1. The van der Waals surface area contributed by atoms with Crippen LogP contribution in [0.2, 0.25) is 0 Å². The predicted molar refractivity (Wildman–Crippen MR) is 123 cm³/mol. The van der Waals surface area contributed by atoms with Gasteiger partial charge in [0.2, 0.25) is 21.9 Å². The van der Waals surface area contributed by atoms with Crippen LogP contribution in [-0.4, -0.2) is 67.9 Å². The molecule has 0 saturated carbocycles. The number of sulfonamides is 1. The van der Waals surface area contributed by atoms with Crippen LogP contribution < -0.4 is 15.1 Å². The maximum absolute atomic E-state index is 13.3. The monoisotopic (exact) mass is 456 g/mol. The fourth-order valence-electron chi connectivity index (χ4n) is 4.58. The Balaban J connectivity index is 1.30. The minimum Gasteiger partial charge on any atom is -0.354 e. The topological polar surface area (TPSA) is 98.7 Å². The largest absolute Gasteiger partial charge is 0.354 e. The summed E-state index contributed by atoms with van der Waals surface area (Å²) < 4.78 is 28.0. The van der Waals surface area contributed by atoms with Crippen LogP contribution in [0.5, 0.6) is 0 Å². The average Bonchev–Trinajstić information content (AvgIpc) is 3.33. The summed E-state index contributed by atoms with van der Waals surface area (Å²) in [5.41, 5.74) is 2.50. The van der Waals surface area contributed by atoms with Crippen LogP contribution in [0.3, 0.4) is 0 Å². The van der Waals surface area contributed by atoms with Gasteiger partial charge in [-0.25, -0.2) is 13.4 Å². The molecule has 3 aliphatic rings. The zero-order chi connectivity index (χ0) is 22.3. The van der Waals surface area contributed by atoms with E-state index in [2.05, 4.69) is 20.1 Å². The summed E-state index contributed by atoms with van der Waals surface area (Å²) in [5, 5.41) is 2.80. The van der Waals surface area contributed by atoms with Crippen molar-refractivity contribution in [2.75, 3.05) is 54.4 Å². The highest BCUT2D eigenvalue weighted by Gasteiger charge is 2.30. The van der Waals surface area contributed by atoms with E-state index in [1.807, 2.05) is 13.0 Å². The molecule has 32 heavy (non-hydrogen) atoms. The zero-order valence-electron chi connectivity index (χ0n) is 18.2. The summed E-state index contributed by atoms with van der Waals surface area (Å²) >= 11 is 0. The lowest BCUT2D eigenvalue weighted by Crippen LogP contribution is -2.49. The molecule has 0 atom stereocenters. The number of hydrogen-bond donors (Lipinski definition) is 1. The van der Waals surface area contributed by atoms with E-state index < -0.39 is 10.0 Å². The molecule has 1 N–H and O–H groups in total. The van der Waals surface area contributed by atoms with E-state index in [1.165, 1.54) is 0 Å². The summed E-state index contributed by atoms with van der Waals surface area (Å²) in [7, 11) is -3.59. The maximum atomic E-state index is 13.3. The van der Waals surface area contributed by atoms with Crippen molar-refractivity contribution < 1.29 is 13.2 Å². The standard InChI is InChI=1S/C22H28N6O3S/c1-16-14-20(25-22(23-16)27-8-2-3-9-27)26-10-12-28(13-11-26)32(30,31)18-5-6-19-17(15-18)4-7-21(29)24-19/h5-6,14-15H,2-4,7-13H2,1H3,(H,24,29). The van der Waals surface area contributed by atoms with Gasteiger partial charge in [0, 0.05) is 63.1 Å². The number of nitrogens with zero attached hydrogens (tertiary/aromatic N) is 5. The smallest absolute Gasteiger partial charge is 0.243 e. The second kappa shape index (κ2) is 8.32. The molecular formula is C22H28N6O3S. The molecule has 9 nitrogen and oxygen atoms in total. The van der Waals surface area contributed by atoms with Gasteiger partial charge < -0.3 is 15.1 Å². The molecule has 5 rings (SSSR count). The summed E-state index contributed by atoms with van der Waals surface area (Å²) in [6.07, 6.45) is 3.27. The van der Waals surface area contributed by atoms with Crippen molar-refractivity contribution in [3.8, 4) is 0 Å². The number of hydrogen-bond acceptors (Lipinski definition) is 7. The van der Waals surface area contributed by atoms with Crippen molar-refractivity contribution in [2.24, 2.45) is 0 Å². The fraction of sp³-hybridized carbons (Fsp3) is 0.500. The Morgan fingerprint density at radius 1 is 0.906 bits per heavy atom. The first-order valence-electron chi connectivity index (χ1n) is 11.2. The van der Waals surface area contributed by atoms with E-state index in [1.54, 1.807) is 22.5 Å². The number of carbonyl (C=O) groups excluding carboxylic acids is 1.